The van der Waals surface area contributed by atoms with Gasteiger partial charge in [-0.3, -0.25) is 4.79 Å². The highest BCUT2D eigenvalue weighted by molar-refractivity contribution is 9.09. The number of carbonyl (C=O) groups is 1. The van der Waals surface area contributed by atoms with E-state index in [0.717, 1.165) is 48.4 Å². The number of alkyl halides is 1. The highest BCUT2D eigenvalue weighted by Crippen LogP contribution is 2.20. The summed E-state index contributed by atoms with van der Waals surface area (Å²) in [6.07, 6.45) is 2.15. The quantitative estimate of drug-likeness (QED) is 0.795. The van der Waals surface area contributed by atoms with Crippen LogP contribution in [0, 0.1) is 6.92 Å². The second-order valence-electron chi connectivity index (χ2n) is 4.32. The fraction of sp³-hybridized carbons (Fsp3) is 0.667. The Hall–Kier alpha value is -0.460. The third kappa shape index (κ3) is 3.30. The van der Waals surface area contributed by atoms with E-state index in [1.807, 2.05) is 11.8 Å². The molecule has 0 aliphatic carbocycles. The minimum Gasteiger partial charge on any atom is -0.377 e. The molecule has 1 amide bonds. The summed E-state index contributed by atoms with van der Waals surface area (Å²) in [6.45, 7) is 4.19. The number of carbonyl (C=O) groups excluding carboxylic acids is 1. The number of thiazole rings is 1. The average Bonchev–Trinajstić information content (AvgIpc) is 2.82. The molecule has 1 aliphatic heterocycles. The predicted octanol–water partition coefficient (Wildman–Crippen LogP) is 2.47. The van der Waals surface area contributed by atoms with Crippen molar-refractivity contribution in [1.29, 1.82) is 0 Å². The van der Waals surface area contributed by atoms with Crippen LogP contribution in [0.3, 0.4) is 0 Å². The average molecular weight is 333 g/mol. The third-order valence-electron chi connectivity index (χ3n) is 3.10. The number of rotatable bonds is 4. The monoisotopic (exact) mass is 332 g/mol. The zero-order chi connectivity index (χ0) is 13.0. The number of aryl methyl sites for hydroxylation is 1. The van der Waals surface area contributed by atoms with E-state index in [9.17, 15) is 4.79 Å². The molecule has 1 saturated heterocycles. The zero-order valence-electron chi connectivity index (χ0n) is 10.4. The van der Waals surface area contributed by atoms with Crippen molar-refractivity contribution >= 4 is 33.2 Å². The molecular formula is C12H17BrN2O2S. The summed E-state index contributed by atoms with van der Waals surface area (Å²) in [6, 6.07) is 0. The number of piperidine rings is 1. The molecule has 0 N–H and O–H groups in total. The Labute approximate surface area is 119 Å². The van der Waals surface area contributed by atoms with Crippen molar-refractivity contribution in [3.63, 3.8) is 0 Å². The summed E-state index contributed by atoms with van der Waals surface area (Å²) in [5, 5.41) is 0.867. The molecule has 100 valence electrons. The van der Waals surface area contributed by atoms with E-state index in [4.69, 9.17) is 4.74 Å². The highest BCUT2D eigenvalue weighted by atomic mass is 79.9. The number of hydrogen-bond acceptors (Lipinski definition) is 4. The maximum absolute atomic E-state index is 12.3. The van der Waals surface area contributed by atoms with E-state index in [1.165, 1.54) is 11.3 Å². The fourth-order valence-electron chi connectivity index (χ4n) is 2.09. The van der Waals surface area contributed by atoms with Crippen LogP contribution < -0.4 is 0 Å². The normalized spacial score (nSPS) is 17.1. The molecule has 1 aromatic rings. The number of aromatic nitrogens is 1. The maximum Gasteiger partial charge on any atom is 0.265 e. The van der Waals surface area contributed by atoms with Gasteiger partial charge in [-0.25, -0.2) is 4.98 Å². The van der Waals surface area contributed by atoms with Crippen molar-refractivity contribution in [3.05, 3.63) is 16.1 Å². The first-order valence-electron chi connectivity index (χ1n) is 6.09. The van der Waals surface area contributed by atoms with Crippen molar-refractivity contribution in [2.75, 3.05) is 25.0 Å². The molecule has 4 nitrogen and oxygen atoms in total. The SMILES string of the molecule is Cc1ncsc1C(=O)N1CCC(OCCBr)CC1. The Morgan fingerprint density at radius 1 is 1.61 bits per heavy atom. The Balaban J connectivity index is 1.86. The van der Waals surface area contributed by atoms with Crippen LogP contribution in [0.25, 0.3) is 0 Å². The van der Waals surface area contributed by atoms with Gasteiger partial charge in [0.1, 0.15) is 4.88 Å². The van der Waals surface area contributed by atoms with Crippen LogP contribution in [0.1, 0.15) is 28.2 Å². The number of likely N-dealkylation sites (tertiary alicyclic amines) is 1. The summed E-state index contributed by atoms with van der Waals surface area (Å²) < 4.78 is 5.68. The molecule has 0 aromatic carbocycles. The Morgan fingerprint density at radius 3 is 2.89 bits per heavy atom. The number of hydrogen-bond donors (Lipinski definition) is 0. The first-order chi connectivity index (χ1) is 8.72. The molecule has 6 heteroatoms. The second kappa shape index (κ2) is 6.63. The van der Waals surface area contributed by atoms with Gasteiger partial charge in [-0.05, 0) is 19.8 Å². The molecule has 1 aromatic heterocycles. The molecule has 0 unspecified atom stereocenters. The van der Waals surface area contributed by atoms with Crippen molar-refractivity contribution in [3.8, 4) is 0 Å². The summed E-state index contributed by atoms with van der Waals surface area (Å²) in [4.78, 5) is 19.1. The maximum atomic E-state index is 12.3. The van der Waals surface area contributed by atoms with E-state index >= 15 is 0 Å². The molecule has 0 spiro atoms. The van der Waals surface area contributed by atoms with E-state index in [2.05, 4.69) is 20.9 Å². The molecule has 0 atom stereocenters. The first kappa shape index (κ1) is 14.0. The van der Waals surface area contributed by atoms with Crippen LogP contribution in [-0.4, -0.2) is 46.9 Å². The third-order valence-corrected chi connectivity index (χ3v) is 4.34. The van der Waals surface area contributed by atoms with Gasteiger partial charge in [0.25, 0.3) is 5.91 Å². The topological polar surface area (TPSA) is 42.4 Å². The Bertz CT molecular complexity index is 403. The largest absolute Gasteiger partial charge is 0.377 e. The van der Waals surface area contributed by atoms with Gasteiger partial charge >= 0.3 is 0 Å². The molecule has 1 aliphatic rings. The lowest BCUT2D eigenvalue weighted by molar-refractivity contribution is 0.0161. The minimum absolute atomic E-state index is 0.119. The molecule has 0 bridgehead atoms. The summed E-state index contributed by atoms with van der Waals surface area (Å²) in [5.41, 5.74) is 2.57. The molecule has 2 rings (SSSR count). The van der Waals surface area contributed by atoms with Crippen LogP contribution in [0.4, 0.5) is 0 Å². The predicted molar refractivity (Wildman–Crippen MR) is 75.5 cm³/mol. The van der Waals surface area contributed by atoms with Crippen LogP contribution in [-0.2, 0) is 4.74 Å². The van der Waals surface area contributed by atoms with Crippen molar-refractivity contribution in [1.82, 2.24) is 9.88 Å². The highest BCUT2D eigenvalue weighted by Gasteiger charge is 2.25. The summed E-state index contributed by atoms with van der Waals surface area (Å²) >= 11 is 4.78. The van der Waals surface area contributed by atoms with Crippen molar-refractivity contribution < 1.29 is 9.53 Å². The van der Waals surface area contributed by atoms with Gasteiger partial charge in [-0.2, -0.15) is 0 Å². The Kier molecular flexibility index (Phi) is 5.14. The van der Waals surface area contributed by atoms with Gasteiger partial charge in [0.05, 0.1) is 23.9 Å². The van der Waals surface area contributed by atoms with Crippen molar-refractivity contribution in [2.45, 2.75) is 25.9 Å². The summed E-state index contributed by atoms with van der Waals surface area (Å²) in [5.74, 6) is 0.119. The van der Waals surface area contributed by atoms with Gasteiger partial charge < -0.3 is 9.64 Å². The zero-order valence-corrected chi connectivity index (χ0v) is 12.8. The lowest BCUT2D eigenvalue weighted by Crippen LogP contribution is -2.41. The minimum atomic E-state index is 0.119. The fourth-order valence-corrected chi connectivity index (χ4v) is 3.04. The van der Waals surface area contributed by atoms with Gasteiger partial charge in [0, 0.05) is 18.4 Å². The lowest BCUT2D eigenvalue weighted by atomic mass is 10.1. The van der Waals surface area contributed by atoms with E-state index < -0.39 is 0 Å². The van der Waals surface area contributed by atoms with E-state index in [1.54, 1.807) is 5.51 Å². The van der Waals surface area contributed by atoms with E-state index in [-0.39, 0.29) is 5.91 Å². The number of nitrogens with zero attached hydrogens (tertiary/aromatic N) is 2. The van der Waals surface area contributed by atoms with Gasteiger partial charge in [-0.15, -0.1) is 11.3 Å². The van der Waals surface area contributed by atoms with Crippen LogP contribution >= 0.6 is 27.3 Å². The number of amides is 1. The molecule has 1 fully saturated rings. The van der Waals surface area contributed by atoms with Crippen molar-refractivity contribution in [2.24, 2.45) is 0 Å². The number of halogens is 1. The Morgan fingerprint density at radius 2 is 2.33 bits per heavy atom. The smallest absolute Gasteiger partial charge is 0.265 e. The van der Waals surface area contributed by atoms with Gasteiger partial charge in [0.15, 0.2) is 0 Å². The molecule has 2 heterocycles. The second-order valence-corrected chi connectivity index (χ2v) is 5.97. The lowest BCUT2D eigenvalue weighted by Gasteiger charge is -2.31. The van der Waals surface area contributed by atoms with E-state index in [0.29, 0.717) is 6.10 Å². The molecule has 0 radical (unpaired) electrons. The first-order valence-corrected chi connectivity index (χ1v) is 8.09. The summed E-state index contributed by atoms with van der Waals surface area (Å²) in [7, 11) is 0. The standard InChI is InChI=1S/C12H17BrN2O2S/c1-9-11(18-8-14-9)12(16)15-5-2-10(3-6-15)17-7-4-13/h8,10H,2-7H2,1H3. The number of ether oxygens (including phenoxy) is 1. The molecular weight excluding hydrogens is 316 g/mol. The van der Waals surface area contributed by atoms with Crippen LogP contribution in [0.15, 0.2) is 5.51 Å². The molecule has 0 saturated carbocycles. The van der Waals surface area contributed by atoms with Gasteiger partial charge in [0.2, 0.25) is 0 Å². The van der Waals surface area contributed by atoms with Crippen LogP contribution in [0.5, 0.6) is 0 Å². The van der Waals surface area contributed by atoms with Crippen LogP contribution in [0.2, 0.25) is 0 Å². The molecule has 18 heavy (non-hydrogen) atoms. The van der Waals surface area contributed by atoms with Gasteiger partial charge in [-0.1, -0.05) is 15.9 Å².